The molecule has 0 heterocycles. The Hall–Kier alpha value is -2.18. The molecule has 32 heavy (non-hydrogen) atoms. The maximum absolute atomic E-state index is 13.3. The zero-order valence-electron chi connectivity index (χ0n) is 19.6. The van der Waals surface area contributed by atoms with E-state index in [4.69, 9.17) is 14.2 Å². The maximum Gasteiger partial charge on any atom is 0.303 e. The van der Waals surface area contributed by atoms with Gasteiger partial charge >= 0.3 is 17.9 Å². The molecule has 0 saturated heterocycles. The fourth-order valence-electron chi connectivity index (χ4n) is 7.30. The third kappa shape index (κ3) is 3.67. The summed E-state index contributed by atoms with van der Waals surface area (Å²) in [6.07, 6.45) is 5.13. The van der Waals surface area contributed by atoms with E-state index in [1.54, 1.807) is 0 Å². The van der Waals surface area contributed by atoms with Crippen LogP contribution in [0, 0.1) is 28.6 Å². The van der Waals surface area contributed by atoms with Gasteiger partial charge in [-0.3, -0.25) is 19.2 Å². The lowest BCUT2D eigenvalue weighted by Crippen LogP contribution is -2.55. The van der Waals surface area contributed by atoms with Crippen LogP contribution in [0.2, 0.25) is 0 Å². The van der Waals surface area contributed by atoms with Crippen molar-refractivity contribution in [2.45, 2.75) is 91.5 Å². The number of carbonyl (C=O) groups is 4. The Labute approximate surface area is 189 Å². The number of esters is 3. The van der Waals surface area contributed by atoms with Gasteiger partial charge < -0.3 is 14.2 Å². The van der Waals surface area contributed by atoms with Gasteiger partial charge in [-0.05, 0) is 55.4 Å². The molecular weight excluding hydrogens is 412 g/mol. The minimum absolute atomic E-state index is 0.00350. The predicted molar refractivity (Wildman–Crippen MR) is 114 cm³/mol. The molecule has 0 aromatic rings. The zero-order chi connectivity index (χ0) is 23.4. The lowest BCUT2D eigenvalue weighted by molar-refractivity contribution is -0.159. The summed E-state index contributed by atoms with van der Waals surface area (Å²) in [5.41, 5.74) is 0.505. The third-order valence-electron chi connectivity index (χ3n) is 8.72. The van der Waals surface area contributed by atoms with Crippen molar-refractivity contribution in [2.24, 2.45) is 28.6 Å². The van der Waals surface area contributed by atoms with E-state index in [0.717, 1.165) is 25.7 Å². The summed E-state index contributed by atoms with van der Waals surface area (Å²) in [7, 11) is 0. The summed E-state index contributed by atoms with van der Waals surface area (Å²) >= 11 is 0. The molecule has 7 heteroatoms. The van der Waals surface area contributed by atoms with Crippen LogP contribution in [0.15, 0.2) is 11.6 Å². The van der Waals surface area contributed by atoms with Crippen LogP contribution in [0.5, 0.6) is 0 Å². The molecule has 0 aromatic heterocycles. The van der Waals surface area contributed by atoms with Gasteiger partial charge in [0.15, 0.2) is 11.9 Å². The first kappa shape index (κ1) is 23.0. The van der Waals surface area contributed by atoms with E-state index >= 15 is 0 Å². The summed E-state index contributed by atoms with van der Waals surface area (Å²) in [4.78, 5) is 48.4. The zero-order valence-corrected chi connectivity index (χ0v) is 19.6. The summed E-state index contributed by atoms with van der Waals surface area (Å²) in [6.45, 7) is 8.43. The standard InChI is InChI=1S/C25H34O7/c1-13(26)30-17-6-8-24(4)16(10-17)11-20(31-14(2)27)22-18(24)7-9-25(5)19(22)12-21(23(25)29)32-15(3)28/h11,17-22H,6-10,12H2,1-5H3. The largest absolute Gasteiger partial charge is 0.462 e. The minimum Gasteiger partial charge on any atom is -0.462 e. The molecule has 4 aliphatic carbocycles. The average molecular weight is 447 g/mol. The Bertz CT molecular complexity index is 876. The Balaban J connectivity index is 1.71. The minimum atomic E-state index is -0.725. The molecule has 0 bridgehead atoms. The smallest absolute Gasteiger partial charge is 0.303 e. The first-order chi connectivity index (χ1) is 15.0. The van der Waals surface area contributed by atoms with Crippen molar-refractivity contribution in [3.8, 4) is 0 Å². The van der Waals surface area contributed by atoms with E-state index in [1.165, 1.54) is 26.3 Å². The number of hydrogen-bond donors (Lipinski definition) is 0. The third-order valence-corrected chi connectivity index (χ3v) is 8.72. The highest BCUT2D eigenvalue weighted by Crippen LogP contribution is 2.64. The van der Waals surface area contributed by atoms with Crippen LogP contribution in [0.4, 0.5) is 0 Å². The Morgan fingerprint density at radius 1 is 0.875 bits per heavy atom. The van der Waals surface area contributed by atoms with Crippen molar-refractivity contribution in [1.29, 1.82) is 0 Å². The fourth-order valence-corrected chi connectivity index (χ4v) is 7.30. The van der Waals surface area contributed by atoms with E-state index in [-0.39, 0.29) is 47.0 Å². The molecule has 0 N–H and O–H groups in total. The van der Waals surface area contributed by atoms with Crippen molar-refractivity contribution in [2.75, 3.05) is 0 Å². The molecule has 0 amide bonds. The van der Waals surface area contributed by atoms with E-state index in [0.29, 0.717) is 12.8 Å². The predicted octanol–water partition coefficient (Wildman–Crippen LogP) is 3.53. The molecule has 0 radical (unpaired) electrons. The first-order valence-electron chi connectivity index (χ1n) is 11.7. The molecule has 8 atom stereocenters. The van der Waals surface area contributed by atoms with Crippen LogP contribution in [-0.4, -0.2) is 42.0 Å². The van der Waals surface area contributed by atoms with Crippen molar-refractivity contribution >= 4 is 23.7 Å². The number of Topliss-reactive ketones (excluding diaryl/α,β-unsaturated/α-hetero) is 1. The monoisotopic (exact) mass is 446 g/mol. The van der Waals surface area contributed by atoms with Crippen LogP contribution < -0.4 is 0 Å². The normalized spacial score (nSPS) is 42.7. The van der Waals surface area contributed by atoms with Gasteiger partial charge in [-0.2, -0.15) is 0 Å². The number of ketones is 1. The van der Waals surface area contributed by atoms with Crippen LogP contribution in [-0.2, 0) is 33.4 Å². The highest BCUT2D eigenvalue weighted by molar-refractivity contribution is 5.93. The van der Waals surface area contributed by atoms with Gasteiger partial charge in [0.25, 0.3) is 0 Å². The van der Waals surface area contributed by atoms with E-state index in [2.05, 4.69) is 13.0 Å². The van der Waals surface area contributed by atoms with Gasteiger partial charge in [0, 0.05) is 38.5 Å². The van der Waals surface area contributed by atoms with Crippen LogP contribution in [0.1, 0.15) is 73.1 Å². The fraction of sp³-hybridized carbons (Fsp3) is 0.760. The second-order valence-electron chi connectivity index (χ2n) is 10.6. The SMILES string of the molecule is CC(=O)OC1CCC2(C)C(=CC(OC(C)=O)C3C4CC(OC(C)=O)C(=O)C4(C)CCC32)C1. The van der Waals surface area contributed by atoms with Gasteiger partial charge in [-0.25, -0.2) is 0 Å². The number of rotatable bonds is 3. The van der Waals surface area contributed by atoms with Gasteiger partial charge in [0.1, 0.15) is 12.2 Å². The Morgan fingerprint density at radius 2 is 1.50 bits per heavy atom. The molecule has 3 saturated carbocycles. The van der Waals surface area contributed by atoms with Crippen LogP contribution in [0.3, 0.4) is 0 Å². The molecule has 4 rings (SSSR count). The molecule has 3 fully saturated rings. The van der Waals surface area contributed by atoms with Crippen molar-refractivity contribution < 1.29 is 33.4 Å². The summed E-state index contributed by atoms with van der Waals surface area (Å²) in [5.74, 6) is -0.874. The van der Waals surface area contributed by atoms with E-state index < -0.39 is 23.6 Å². The van der Waals surface area contributed by atoms with Gasteiger partial charge in [0.05, 0.1) is 0 Å². The van der Waals surface area contributed by atoms with Crippen LogP contribution in [0.25, 0.3) is 0 Å². The summed E-state index contributed by atoms with van der Waals surface area (Å²) in [6, 6.07) is 0. The number of hydrogen-bond acceptors (Lipinski definition) is 7. The lowest BCUT2D eigenvalue weighted by atomic mass is 9.47. The van der Waals surface area contributed by atoms with Crippen LogP contribution >= 0.6 is 0 Å². The number of carbonyl (C=O) groups excluding carboxylic acids is 4. The number of ether oxygens (including phenoxy) is 3. The van der Waals surface area contributed by atoms with Crippen molar-refractivity contribution in [3.05, 3.63) is 11.6 Å². The second-order valence-corrected chi connectivity index (χ2v) is 10.6. The highest BCUT2D eigenvalue weighted by Gasteiger charge is 2.64. The molecule has 0 aromatic carbocycles. The molecule has 176 valence electrons. The topological polar surface area (TPSA) is 96.0 Å². The van der Waals surface area contributed by atoms with E-state index in [1.807, 2.05) is 6.92 Å². The Kier molecular flexibility index (Phi) is 5.74. The van der Waals surface area contributed by atoms with Crippen molar-refractivity contribution in [1.82, 2.24) is 0 Å². The molecule has 8 unspecified atom stereocenters. The maximum atomic E-state index is 13.3. The summed E-state index contributed by atoms with van der Waals surface area (Å²) in [5, 5.41) is 0. The quantitative estimate of drug-likeness (QED) is 0.372. The summed E-state index contributed by atoms with van der Waals surface area (Å²) < 4.78 is 16.7. The number of fused-ring (bicyclic) bond motifs is 5. The van der Waals surface area contributed by atoms with Gasteiger partial charge in [0.2, 0.25) is 0 Å². The van der Waals surface area contributed by atoms with Crippen molar-refractivity contribution in [3.63, 3.8) is 0 Å². The molecular formula is C25H34O7. The highest BCUT2D eigenvalue weighted by atomic mass is 16.6. The average Bonchev–Trinajstić information content (AvgIpc) is 2.92. The van der Waals surface area contributed by atoms with Gasteiger partial charge in [-0.1, -0.05) is 19.4 Å². The molecule has 0 aliphatic heterocycles. The Morgan fingerprint density at radius 3 is 2.12 bits per heavy atom. The second kappa shape index (κ2) is 7.99. The first-order valence-corrected chi connectivity index (χ1v) is 11.7. The lowest BCUT2D eigenvalue weighted by Gasteiger charge is -2.58. The molecule has 7 nitrogen and oxygen atoms in total. The van der Waals surface area contributed by atoms with E-state index in [9.17, 15) is 19.2 Å². The van der Waals surface area contributed by atoms with Gasteiger partial charge in [-0.15, -0.1) is 0 Å². The molecule has 4 aliphatic rings. The molecule has 0 spiro atoms.